The van der Waals surface area contributed by atoms with E-state index in [9.17, 15) is 9.59 Å². The monoisotopic (exact) mass is 656 g/mol. The van der Waals surface area contributed by atoms with Crippen LogP contribution in [0.1, 0.15) is 71.9 Å². The van der Waals surface area contributed by atoms with Crippen LogP contribution in [0, 0.1) is 5.41 Å². The molecule has 0 N–H and O–H groups in total. The lowest BCUT2D eigenvalue weighted by Crippen LogP contribution is -2.40. The zero-order chi connectivity index (χ0) is 34.2. The van der Waals surface area contributed by atoms with Gasteiger partial charge in [0.05, 0.1) is 44.6 Å². The molecule has 3 atom stereocenters. The molecule has 256 valence electrons. The molecule has 0 saturated carbocycles. The van der Waals surface area contributed by atoms with E-state index in [-0.39, 0.29) is 30.3 Å². The zero-order valence-corrected chi connectivity index (χ0v) is 30.4. The Morgan fingerprint density at radius 1 is 0.913 bits per heavy atom. The molecule has 0 bridgehead atoms. The molecule has 0 aliphatic heterocycles. The van der Waals surface area contributed by atoms with Gasteiger partial charge in [-0.05, 0) is 68.6 Å². The van der Waals surface area contributed by atoms with E-state index in [2.05, 4.69) is 33.9 Å². The third-order valence-electron chi connectivity index (χ3n) is 8.46. The van der Waals surface area contributed by atoms with Gasteiger partial charge in [-0.2, -0.15) is 0 Å². The molecule has 2 aromatic rings. The maximum absolute atomic E-state index is 13.4. The Kier molecular flexibility index (Phi) is 16.3. The minimum atomic E-state index is -1.91. The highest BCUT2D eigenvalue weighted by molar-refractivity contribution is 6.74. The SMILES string of the molecule is COc1ccc(COC(CC(CCC=O)OC(=O)C(C)(C)C=CCO[Si](C)(C)C(C)(C)C)C(C)OCOCc2ccccc2)cc1. The van der Waals surface area contributed by atoms with Gasteiger partial charge in [0.1, 0.15) is 24.9 Å². The van der Waals surface area contributed by atoms with Gasteiger partial charge in [0, 0.05) is 12.8 Å². The first-order valence-electron chi connectivity index (χ1n) is 16.1. The molecule has 0 saturated heterocycles. The Hall–Kier alpha value is -2.82. The van der Waals surface area contributed by atoms with Crippen LogP contribution in [0.3, 0.4) is 0 Å². The Bertz CT molecular complexity index is 1190. The summed E-state index contributed by atoms with van der Waals surface area (Å²) in [5, 5.41) is 0.0992. The summed E-state index contributed by atoms with van der Waals surface area (Å²) in [6.07, 6.45) is 4.19. The third kappa shape index (κ3) is 13.9. The molecule has 46 heavy (non-hydrogen) atoms. The standard InChI is InChI=1S/C37H56O8Si/c1-29(43-28-41-26-30-15-11-10-12-16-30)34(42-27-31-18-20-32(40-7)21-19-31)25-33(17-13-23-38)45-35(39)37(5,6)22-14-24-44-46(8,9)36(2,3)4/h10-12,14-16,18-23,29,33-34H,13,17,24-28H2,1-9H3. The summed E-state index contributed by atoms with van der Waals surface area (Å²) in [4.78, 5) is 24.8. The van der Waals surface area contributed by atoms with Gasteiger partial charge in [-0.1, -0.05) is 75.4 Å². The molecule has 0 radical (unpaired) electrons. The number of hydrogen-bond acceptors (Lipinski definition) is 8. The Morgan fingerprint density at radius 3 is 2.17 bits per heavy atom. The van der Waals surface area contributed by atoms with Crippen LogP contribution in [0.2, 0.25) is 18.1 Å². The van der Waals surface area contributed by atoms with Crippen LogP contribution in [0.15, 0.2) is 66.7 Å². The van der Waals surface area contributed by atoms with Crippen molar-refractivity contribution in [2.45, 2.75) is 110 Å². The summed E-state index contributed by atoms with van der Waals surface area (Å²) in [6.45, 7) is 17.8. The van der Waals surface area contributed by atoms with Gasteiger partial charge in [-0.15, -0.1) is 0 Å². The maximum atomic E-state index is 13.4. The number of carbonyl (C=O) groups excluding carboxylic acids is 2. The number of aldehydes is 1. The van der Waals surface area contributed by atoms with Crippen molar-refractivity contribution in [2.75, 3.05) is 20.5 Å². The van der Waals surface area contributed by atoms with Crippen molar-refractivity contribution >= 4 is 20.6 Å². The van der Waals surface area contributed by atoms with Crippen molar-refractivity contribution in [2.24, 2.45) is 5.41 Å². The second kappa shape index (κ2) is 19.1. The van der Waals surface area contributed by atoms with Crippen LogP contribution in [0.25, 0.3) is 0 Å². The molecule has 9 heteroatoms. The molecule has 0 heterocycles. The Morgan fingerprint density at radius 2 is 1.57 bits per heavy atom. The van der Waals surface area contributed by atoms with E-state index >= 15 is 0 Å². The van der Waals surface area contributed by atoms with Gasteiger partial charge < -0.3 is 32.9 Å². The smallest absolute Gasteiger partial charge is 0.315 e. The summed E-state index contributed by atoms with van der Waals surface area (Å²) >= 11 is 0. The van der Waals surface area contributed by atoms with Gasteiger partial charge >= 0.3 is 5.97 Å². The fourth-order valence-corrected chi connectivity index (χ4v) is 5.19. The molecule has 0 fully saturated rings. The van der Waals surface area contributed by atoms with Gasteiger partial charge in [-0.3, -0.25) is 4.79 Å². The van der Waals surface area contributed by atoms with Crippen molar-refractivity contribution in [3.8, 4) is 5.75 Å². The predicted octanol–water partition coefficient (Wildman–Crippen LogP) is 8.05. The van der Waals surface area contributed by atoms with E-state index in [1.54, 1.807) is 7.11 Å². The highest BCUT2D eigenvalue weighted by Crippen LogP contribution is 2.36. The third-order valence-corrected chi connectivity index (χ3v) is 13.0. The molecule has 2 rings (SSSR count). The predicted molar refractivity (Wildman–Crippen MR) is 184 cm³/mol. The molecule has 8 nitrogen and oxygen atoms in total. The number of rotatable bonds is 21. The highest BCUT2D eigenvalue weighted by Gasteiger charge is 2.37. The average Bonchev–Trinajstić information content (AvgIpc) is 3.02. The van der Waals surface area contributed by atoms with Crippen LogP contribution >= 0.6 is 0 Å². The lowest BCUT2D eigenvalue weighted by molar-refractivity contribution is -0.166. The van der Waals surface area contributed by atoms with E-state index in [0.717, 1.165) is 23.2 Å². The molecular formula is C37H56O8Si. The molecule has 0 aliphatic carbocycles. The molecule has 0 aliphatic rings. The molecule has 0 spiro atoms. The summed E-state index contributed by atoms with van der Waals surface area (Å²) in [5.74, 6) is 0.386. The first-order valence-corrected chi connectivity index (χ1v) is 19.0. The maximum Gasteiger partial charge on any atom is 0.315 e. The summed E-state index contributed by atoms with van der Waals surface area (Å²) in [6, 6.07) is 17.5. The summed E-state index contributed by atoms with van der Waals surface area (Å²) in [7, 11) is -0.281. The van der Waals surface area contributed by atoms with Crippen LogP contribution in [-0.2, 0) is 46.2 Å². The van der Waals surface area contributed by atoms with Crippen molar-refractivity contribution in [1.29, 1.82) is 0 Å². The van der Waals surface area contributed by atoms with Crippen LogP contribution in [0.4, 0.5) is 0 Å². The van der Waals surface area contributed by atoms with E-state index in [1.165, 1.54) is 0 Å². The average molecular weight is 657 g/mol. The van der Waals surface area contributed by atoms with Gasteiger partial charge in [0.2, 0.25) is 0 Å². The minimum absolute atomic E-state index is 0.0754. The molecule has 0 amide bonds. The highest BCUT2D eigenvalue weighted by atomic mass is 28.4. The largest absolute Gasteiger partial charge is 0.497 e. The minimum Gasteiger partial charge on any atom is -0.497 e. The number of methoxy groups -OCH3 is 1. The Labute approximate surface area is 277 Å². The van der Waals surface area contributed by atoms with E-state index in [0.29, 0.717) is 32.7 Å². The first-order chi connectivity index (χ1) is 21.7. The second-order valence-corrected chi connectivity index (χ2v) is 18.5. The fraction of sp³-hybridized carbons (Fsp3) is 0.568. The van der Waals surface area contributed by atoms with Crippen LogP contribution in [-0.4, -0.2) is 59.4 Å². The van der Waals surface area contributed by atoms with E-state index < -0.39 is 25.9 Å². The van der Waals surface area contributed by atoms with Gasteiger partial charge in [0.25, 0.3) is 0 Å². The normalized spacial score (nSPS) is 14.5. The van der Waals surface area contributed by atoms with Crippen molar-refractivity contribution in [3.05, 3.63) is 77.9 Å². The lowest BCUT2D eigenvalue weighted by atomic mass is 9.93. The molecule has 0 aromatic heterocycles. The number of ether oxygens (including phenoxy) is 5. The topological polar surface area (TPSA) is 89.5 Å². The van der Waals surface area contributed by atoms with Crippen LogP contribution in [0.5, 0.6) is 5.75 Å². The molecular weight excluding hydrogens is 600 g/mol. The zero-order valence-electron chi connectivity index (χ0n) is 29.4. The van der Waals surface area contributed by atoms with Crippen molar-refractivity contribution in [1.82, 2.24) is 0 Å². The van der Waals surface area contributed by atoms with Crippen LogP contribution < -0.4 is 4.74 Å². The number of carbonyl (C=O) groups is 2. The second-order valence-electron chi connectivity index (χ2n) is 13.7. The summed E-state index contributed by atoms with van der Waals surface area (Å²) in [5.41, 5.74) is 1.13. The fourth-order valence-electron chi connectivity index (χ4n) is 4.24. The van der Waals surface area contributed by atoms with E-state index in [4.69, 9.17) is 28.1 Å². The van der Waals surface area contributed by atoms with Gasteiger partial charge in [0.15, 0.2) is 8.32 Å². The quantitative estimate of drug-likeness (QED) is 0.0333. The number of esters is 1. The summed E-state index contributed by atoms with van der Waals surface area (Å²) < 4.78 is 35.7. The lowest BCUT2D eigenvalue weighted by Gasteiger charge is -2.35. The van der Waals surface area contributed by atoms with Crippen molar-refractivity contribution in [3.63, 3.8) is 0 Å². The van der Waals surface area contributed by atoms with Crippen molar-refractivity contribution < 1.29 is 37.7 Å². The first kappa shape index (κ1) is 39.4. The molecule has 2 aromatic carbocycles. The number of hydrogen-bond donors (Lipinski definition) is 0. The number of benzene rings is 2. The molecule has 3 unspecified atom stereocenters. The Balaban J connectivity index is 2.10. The van der Waals surface area contributed by atoms with Gasteiger partial charge in [-0.25, -0.2) is 0 Å². The van der Waals surface area contributed by atoms with E-state index in [1.807, 2.05) is 87.5 Å².